The molecular weight excluding hydrogens is 242 g/mol. The molecule has 3 aromatic rings. The molecule has 3 rings (SSSR count). The van der Waals surface area contributed by atoms with E-state index in [1.165, 1.54) is 0 Å². The van der Waals surface area contributed by atoms with Crippen LogP contribution in [-0.2, 0) is 13.5 Å². The summed E-state index contributed by atoms with van der Waals surface area (Å²) in [6, 6.07) is 5.29. The normalized spacial score (nSPS) is 11.3. The van der Waals surface area contributed by atoms with Gasteiger partial charge in [-0.15, -0.1) is 10.2 Å². The lowest BCUT2D eigenvalue weighted by Gasteiger charge is -1.97. The minimum absolute atomic E-state index is 0.231. The summed E-state index contributed by atoms with van der Waals surface area (Å²) >= 11 is 0. The zero-order chi connectivity index (χ0) is 13.6. The number of rotatable bonds is 2. The van der Waals surface area contributed by atoms with Crippen LogP contribution in [0, 0.1) is 6.92 Å². The zero-order valence-electron chi connectivity index (χ0n) is 11.1. The molecule has 1 N–H and O–H groups in total. The Bertz CT molecular complexity index is 755. The molecule has 0 fully saturated rings. The van der Waals surface area contributed by atoms with Gasteiger partial charge in [0.1, 0.15) is 5.75 Å². The van der Waals surface area contributed by atoms with Crippen molar-refractivity contribution in [2.45, 2.75) is 20.3 Å². The van der Waals surface area contributed by atoms with Crippen molar-refractivity contribution in [3.05, 3.63) is 29.8 Å². The van der Waals surface area contributed by atoms with Crippen LogP contribution >= 0.6 is 0 Å². The number of nitrogens with zero attached hydrogens (tertiary/aromatic N) is 3. The first-order valence-electron chi connectivity index (χ1n) is 6.22. The molecule has 0 aliphatic carbocycles. The summed E-state index contributed by atoms with van der Waals surface area (Å²) in [5, 5.41) is 18.7. The summed E-state index contributed by atoms with van der Waals surface area (Å²) in [6.45, 7) is 3.97. The molecule has 0 radical (unpaired) electrons. The third kappa shape index (κ3) is 1.69. The van der Waals surface area contributed by atoms with E-state index in [2.05, 4.69) is 14.8 Å². The van der Waals surface area contributed by atoms with Crippen LogP contribution in [0.3, 0.4) is 0 Å². The monoisotopic (exact) mass is 257 g/mol. The summed E-state index contributed by atoms with van der Waals surface area (Å²) in [6.07, 6.45) is 0.710. The highest BCUT2D eigenvalue weighted by molar-refractivity contribution is 5.96. The van der Waals surface area contributed by atoms with E-state index in [4.69, 9.17) is 4.42 Å². The third-order valence-corrected chi connectivity index (χ3v) is 3.46. The van der Waals surface area contributed by atoms with Crippen LogP contribution in [0.5, 0.6) is 5.75 Å². The first-order valence-corrected chi connectivity index (χ1v) is 6.22. The predicted molar refractivity (Wildman–Crippen MR) is 72.0 cm³/mol. The van der Waals surface area contributed by atoms with Gasteiger partial charge in [-0.25, -0.2) is 0 Å². The fourth-order valence-corrected chi connectivity index (χ4v) is 2.33. The van der Waals surface area contributed by atoms with Crippen molar-refractivity contribution in [1.82, 2.24) is 14.8 Å². The Labute approximate surface area is 110 Å². The second-order valence-corrected chi connectivity index (χ2v) is 4.58. The van der Waals surface area contributed by atoms with E-state index < -0.39 is 0 Å². The first-order chi connectivity index (χ1) is 9.11. The van der Waals surface area contributed by atoms with Gasteiger partial charge < -0.3 is 14.1 Å². The predicted octanol–water partition coefficient (Wildman–Crippen LogP) is 2.80. The molecule has 5 heteroatoms. The summed E-state index contributed by atoms with van der Waals surface area (Å²) in [5.74, 6) is 1.35. The summed E-state index contributed by atoms with van der Waals surface area (Å²) in [4.78, 5) is 0. The lowest BCUT2D eigenvalue weighted by Crippen LogP contribution is -1.90. The van der Waals surface area contributed by atoms with Crippen molar-refractivity contribution < 1.29 is 9.52 Å². The van der Waals surface area contributed by atoms with Gasteiger partial charge in [0, 0.05) is 30.1 Å². The summed E-state index contributed by atoms with van der Waals surface area (Å²) in [7, 11) is 1.98. The standard InChI is InChI=1S/C14H15N3O2/c1-4-12-15-16-14(19-12)13-8(2)17(3)11-6-5-9(18)7-10(11)13/h5-7,18H,4H2,1-3H3. The maximum atomic E-state index is 9.68. The second kappa shape index (κ2) is 4.12. The maximum Gasteiger partial charge on any atom is 0.250 e. The number of aromatic hydroxyl groups is 1. The molecule has 0 spiro atoms. The van der Waals surface area contributed by atoms with E-state index in [-0.39, 0.29) is 5.75 Å². The molecule has 0 amide bonds. The minimum Gasteiger partial charge on any atom is -0.508 e. The topological polar surface area (TPSA) is 64.1 Å². The molecule has 0 aliphatic heterocycles. The number of phenolic OH excluding ortho intramolecular Hbond substituents is 1. The highest BCUT2D eigenvalue weighted by Gasteiger charge is 2.18. The molecule has 98 valence electrons. The van der Waals surface area contributed by atoms with E-state index in [0.717, 1.165) is 22.2 Å². The van der Waals surface area contributed by atoms with Gasteiger partial charge in [0.25, 0.3) is 0 Å². The molecule has 5 nitrogen and oxygen atoms in total. The highest BCUT2D eigenvalue weighted by atomic mass is 16.4. The number of aromatic nitrogens is 3. The summed E-state index contributed by atoms with van der Waals surface area (Å²) in [5.41, 5.74) is 2.95. The van der Waals surface area contributed by atoms with Gasteiger partial charge in [-0.1, -0.05) is 6.92 Å². The van der Waals surface area contributed by atoms with E-state index >= 15 is 0 Å². The summed E-state index contributed by atoms with van der Waals surface area (Å²) < 4.78 is 7.70. The largest absolute Gasteiger partial charge is 0.508 e. The van der Waals surface area contributed by atoms with Crippen LogP contribution in [0.25, 0.3) is 22.4 Å². The van der Waals surface area contributed by atoms with Gasteiger partial charge in [0.2, 0.25) is 11.8 Å². The number of fused-ring (bicyclic) bond motifs is 1. The lowest BCUT2D eigenvalue weighted by molar-refractivity contribution is 0.476. The zero-order valence-corrected chi connectivity index (χ0v) is 11.1. The van der Waals surface area contributed by atoms with Crippen molar-refractivity contribution in [2.24, 2.45) is 7.05 Å². The van der Waals surface area contributed by atoms with Crippen LogP contribution in [0.2, 0.25) is 0 Å². The number of aryl methyl sites for hydroxylation is 2. The number of phenols is 1. The molecule has 2 heterocycles. The van der Waals surface area contributed by atoms with Crippen molar-refractivity contribution in [2.75, 3.05) is 0 Å². The Kier molecular flexibility index (Phi) is 2.55. The Balaban J connectivity index is 2.33. The first kappa shape index (κ1) is 11.8. The fraction of sp³-hybridized carbons (Fsp3) is 0.286. The molecule has 19 heavy (non-hydrogen) atoms. The van der Waals surface area contributed by atoms with Gasteiger partial charge >= 0.3 is 0 Å². The molecule has 1 aromatic carbocycles. The van der Waals surface area contributed by atoms with Crippen molar-refractivity contribution in [3.63, 3.8) is 0 Å². The van der Waals surface area contributed by atoms with Gasteiger partial charge in [-0.2, -0.15) is 0 Å². The van der Waals surface area contributed by atoms with Crippen LogP contribution in [0.15, 0.2) is 22.6 Å². The smallest absolute Gasteiger partial charge is 0.250 e. The van der Waals surface area contributed by atoms with Gasteiger partial charge in [-0.05, 0) is 25.1 Å². The molecule has 0 unspecified atom stereocenters. The van der Waals surface area contributed by atoms with Crippen molar-refractivity contribution in [3.8, 4) is 17.2 Å². The third-order valence-electron chi connectivity index (χ3n) is 3.46. The second-order valence-electron chi connectivity index (χ2n) is 4.58. The van der Waals surface area contributed by atoms with Crippen LogP contribution in [0.4, 0.5) is 0 Å². The van der Waals surface area contributed by atoms with E-state index in [9.17, 15) is 5.11 Å². The fourth-order valence-electron chi connectivity index (χ4n) is 2.33. The molecule has 0 aliphatic rings. The van der Waals surface area contributed by atoms with Crippen LogP contribution in [-0.4, -0.2) is 19.9 Å². The Morgan fingerprint density at radius 2 is 2.11 bits per heavy atom. The molecular formula is C14H15N3O2. The van der Waals surface area contributed by atoms with Gasteiger partial charge in [0.15, 0.2) is 0 Å². The lowest BCUT2D eigenvalue weighted by atomic mass is 10.1. The average molecular weight is 257 g/mol. The van der Waals surface area contributed by atoms with Crippen LogP contribution in [0.1, 0.15) is 18.5 Å². The Morgan fingerprint density at radius 1 is 1.32 bits per heavy atom. The van der Waals surface area contributed by atoms with E-state index in [0.29, 0.717) is 18.2 Å². The molecule has 0 saturated heterocycles. The highest BCUT2D eigenvalue weighted by Crippen LogP contribution is 2.35. The SMILES string of the molecule is CCc1nnc(-c2c(C)n(C)c3ccc(O)cc23)o1. The van der Waals surface area contributed by atoms with E-state index in [1.807, 2.05) is 27.0 Å². The number of hydrogen-bond donors (Lipinski definition) is 1. The average Bonchev–Trinajstić information content (AvgIpc) is 2.94. The maximum absolute atomic E-state index is 9.68. The quantitative estimate of drug-likeness (QED) is 0.766. The Morgan fingerprint density at radius 3 is 2.79 bits per heavy atom. The molecule has 0 bridgehead atoms. The Hall–Kier alpha value is -2.30. The molecule has 2 aromatic heterocycles. The van der Waals surface area contributed by atoms with Gasteiger partial charge in [0.05, 0.1) is 5.56 Å². The number of benzene rings is 1. The molecule has 0 atom stereocenters. The number of hydrogen-bond acceptors (Lipinski definition) is 4. The van der Waals surface area contributed by atoms with Gasteiger partial charge in [-0.3, -0.25) is 0 Å². The van der Waals surface area contributed by atoms with Crippen LogP contribution < -0.4 is 0 Å². The molecule has 0 saturated carbocycles. The van der Waals surface area contributed by atoms with E-state index in [1.54, 1.807) is 12.1 Å². The minimum atomic E-state index is 0.231. The van der Waals surface area contributed by atoms with Crippen molar-refractivity contribution in [1.29, 1.82) is 0 Å². The van der Waals surface area contributed by atoms with Crippen molar-refractivity contribution >= 4 is 10.9 Å².